The van der Waals surface area contributed by atoms with Gasteiger partial charge in [0.25, 0.3) is 0 Å². The molecule has 1 aliphatic heterocycles. The van der Waals surface area contributed by atoms with Crippen molar-refractivity contribution < 1.29 is 14.6 Å². The zero-order valence-corrected chi connectivity index (χ0v) is 7.40. The van der Waals surface area contributed by atoms with Crippen molar-refractivity contribution in [3.05, 3.63) is 12.2 Å². The van der Waals surface area contributed by atoms with Crippen LogP contribution in [0.25, 0.3) is 0 Å². The van der Waals surface area contributed by atoms with Crippen LogP contribution in [0.5, 0.6) is 0 Å². The molecular formula is C9H16O3. The Hall–Kier alpha value is -0.380. The maximum Gasteiger partial charge on any atom is 0.177 e. The molecule has 0 aromatic carbocycles. The first-order valence-electron chi connectivity index (χ1n) is 4.41. The summed E-state index contributed by atoms with van der Waals surface area (Å²) in [4.78, 5) is 0. The van der Waals surface area contributed by atoms with Crippen molar-refractivity contribution in [3.63, 3.8) is 0 Å². The molecule has 0 unspecified atom stereocenters. The lowest BCUT2D eigenvalue weighted by Crippen LogP contribution is -2.34. The van der Waals surface area contributed by atoms with Crippen LogP contribution in [-0.4, -0.2) is 30.7 Å². The quantitative estimate of drug-likeness (QED) is 0.647. The van der Waals surface area contributed by atoms with Crippen molar-refractivity contribution in [1.29, 1.82) is 0 Å². The van der Waals surface area contributed by atoms with Gasteiger partial charge in [0, 0.05) is 0 Å². The average Bonchev–Trinajstić information content (AvgIpc) is 2.09. The molecule has 1 fully saturated rings. The highest BCUT2D eigenvalue weighted by molar-refractivity contribution is 4.86. The molecule has 0 atom stereocenters. The van der Waals surface area contributed by atoms with Gasteiger partial charge in [-0.25, -0.2) is 0 Å². The third-order valence-corrected chi connectivity index (χ3v) is 1.65. The Kier molecular flexibility index (Phi) is 4.29. The van der Waals surface area contributed by atoms with Gasteiger partial charge in [0.15, 0.2) is 6.29 Å². The van der Waals surface area contributed by atoms with Gasteiger partial charge in [0.2, 0.25) is 0 Å². The normalized spacial score (nSPS) is 31.2. The van der Waals surface area contributed by atoms with Gasteiger partial charge in [-0.2, -0.15) is 0 Å². The van der Waals surface area contributed by atoms with Crippen molar-refractivity contribution in [1.82, 2.24) is 0 Å². The third-order valence-electron chi connectivity index (χ3n) is 1.65. The Balaban J connectivity index is 2.17. The molecule has 3 heteroatoms. The highest BCUT2D eigenvalue weighted by atomic mass is 16.7. The van der Waals surface area contributed by atoms with Crippen LogP contribution in [0.3, 0.4) is 0 Å². The molecule has 0 saturated carbocycles. The van der Waals surface area contributed by atoms with E-state index in [4.69, 9.17) is 14.6 Å². The van der Waals surface area contributed by atoms with Crippen molar-refractivity contribution in [2.75, 3.05) is 13.2 Å². The minimum Gasteiger partial charge on any atom is -0.388 e. The van der Waals surface area contributed by atoms with Gasteiger partial charge in [0.05, 0.1) is 13.2 Å². The third kappa shape index (κ3) is 3.34. The summed E-state index contributed by atoms with van der Waals surface area (Å²) < 4.78 is 10.4. The molecule has 1 aliphatic rings. The Morgan fingerprint density at radius 3 is 2.67 bits per heavy atom. The minimum atomic E-state index is -0.458. The summed E-state index contributed by atoms with van der Waals surface area (Å²) in [6.07, 6.45) is 5.41. The maximum absolute atomic E-state index is 9.02. The molecule has 12 heavy (non-hydrogen) atoms. The zero-order valence-electron chi connectivity index (χ0n) is 7.40. The monoisotopic (exact) mass is 172 g/mol. The summed E-state index contributed by atoms with van der Waals surface area (Å²) in [6, 6.07) is 0. The Morgan fingerprint density at radius 2 is 2.08 bits per heavy atom. The second kappa shape index (κ2) is 5.30. The van der Waals surface area contributed by atoms with E-state index >= 15 is 0 Å². The highest BCUT2D eigenvalue weighted by Crippen LogP contribution is 2.07. The molecule has 3 nitrogen and oxygen atoms in total. The first-order chi connectivity index (χ1) is 5.83. The fourth-order valence-corrected chi connectivity index (χ4v) is 0.993. The number of unbranched alkanes of at least 4 members (excludes halogenated alkanes) is 1. The van der Waals surface area contributed by atoms with Crippen LogP contribution >= 0.6 is 0 Å². The fraction of sp³-hybridized carbons (Fsp3) is 0.778. The van der Waals surface area contributed by atoms with Gasteiger partial charge in [0.1, 0.15) is 6.10 Å². The SMILES string of the molecule is CCC/C=C/C1OCC(O)CO1. The number of hydrogen-bond donors (Lipinski definition) is 1. The van der Waals surface area contributed by atoms with Crippen molar-refractivity contribution in [2.45, 2.75) is 32.2 Å². The zero-order chi connectivity index (χ0) is 8.81. The molecule has 0 spiro atoms. The maximum atomic E-state index is 9.02. The largest absolute Gasteiger partial charge is 0.388 e. The van der Waals surface area contributed by atoms with E-state index in [9.17, 15) is 0 Å². The molecule has 1 heterocycles. The summed E-state index contributed by atoms with van der Waals surface area (Å²) in [5.41, 5.74) is 0. The summed E-state index contributed by atoms with van der Waals surface area (Å²) in [6.45, 7) is 2.87. The van der Waals surface area contributed by atoms with Crippen LogP contribution in [-0.2, 0) is 9.47 Å². The minimum absolute atomic E-state index is 0.250. The second-order valence-electron chi connectivity index (χ2n) is 2.91. The molecule has 0 aromatic rings. The Labute approximate surface area is 73.0 Å². The smallest absolute Gasteiger partial charge is 0.177 e. The van der Waals surface area contributed by atoms with Crippen LogP contribution in [0, 0.1) is 0 Å². The van der Waals surface area contributed by atoms with E-state index in [1.54, 1.807) is 0 Å². The molecule has 0 amide bonds. The topological polar surface area (TPSA) is 38.7 Å². The summed E-state index contributed by atoms with van der Waals surface area (Å²) in [7, 11) is 0. The van der Waals surface area contributed by atoms with Crippen LogP contribution in [0.2, 0.25) is 0 Å². The lowest BCUT2D eigenvalue weighted by Gasteiger charge is -2.24. The Morgan fingerprint density at radius 1 is 1.42 bits per heavy atom. The van der Waals surface area contributed by atoms with Gasteiger partial charge in [-0.3, -0.25) is 0 Å². The van der Waals surface area contributed by atoms with Crippen molar-refractivity contribution in [2.24, 2.45) is 0 Å². The number of aliphatic hydroxyl groups excluding tert-OH is 1. The van der Waals surface area contributed by atoms with Gasteiger partial charge >= 0.3 is 0 Å². The fourth-order valence-electron chi connectivity index (χ4n) is 0.993. The number of aliphatic hydroxyl groups is 1. The van der Waals surface area contributed by atoms with Crippen LogP contribution in [0.15, 0.2) is 12.2 Å². The summed E-state index contributed by atoms with van der Waals surface area (Å²) >= 11 is 0. The summed E-state index contributed by atoms with van der Waals surface area (Å²) in [5.74, 6) is 0. The predicted octanol–water partition coefficient (Wildman–Crippen LogP) is 1.08. The molecule has 0 bridgehead atoms. The van der Waals surface area contributed by atoms with Gasteiger partial charge in [-0.05, 0) is 12.5 Å². The van der Waals surface area contributed by atoms with E-state index in [1.807, 2.05) is 12.2 Å². The second-order valence-corrected chi connectivity index (χ2v) is 2.91. The van der Waals surface area contributed by atoms with E-state index < -0.39 is 6.10 Å². The van der Waals surface area contributed by atoms with E-state index in [0.29, 0.717) is 13.2 Å². The molecule has 1 rings (SSSR count). The number of rotatable bonds is 3. The van der Waals surface area contributed by atoms with Crippen LogP contribution < -0.4 is 0 Å². The molecule has 70 valence electrons. The van der Waals surface area contributed by atoms with E-state index in [-0.39, 0.29) is 6.29 Å². The van der Waals surface area contributed by atoms with E-state index in [1.165, 1.54) is 0 Å². The number of allylic oxidation sites excluding steroid dienone is 1. The molecule has 0 radical (unpaired) electrons. The lowest BCUT2D eigenvalue weighted by atomic mass is 10.3. The first-order valence-corrected chi connectivity index (χ1v) is 4.41. The lowest BCUT2D eigenvalue weighted by molar-refractivity contribution is -0.193. The number of ether oxygens (including phenoxy) is 2. The molecule has 1 saturated heterocycles. The van der Waals surface area contributed by atoms with Crippen molar-refractivity contribution >= 4 is 0 Å². The molecular weight excluding hydrogens is 156 g/mol. The van der Waals surface area contributed by atoms with Gasteiger partial charge in [-0.15, -0.1) is 0 Å². The highest BCUT2D eigenvalue weighted by Gasteiger charge is 2.17. The van der Waals surface area contributed by atoms with Crippen LogP contribution in [0.1, 0.15) is 19.8 Å². The number of hydrogen-bond acceptors (Lipinski definition) is 3. The average molecular weight is 172 g/mol. The summed E-state index contributed by atoms with van der Waals surface area (Å²) in [5, 5.41) is 9.02. The first kappa shape index (κ1) is 9.71. The molecule has 1 N–H and O–H groups in total. The molecule has 0 aliphatic carbocycles. The molecule has 0 aromatic heterocycles. The van der Waals surface area contributed by atoms with E-state index in [2.05, 4.69) is 6.92 Å². The van der Waals surface area contributed by atoms with Crippen LogP contribution in [0.4, 0.5) is 0 Å². The van der Waals surface area contributed by atoms with Crippen molar-refractivity contribution in [3.8, 4) is 0 Å². The van der Waals surface area contributed by atoms with Gasteiger partial charge in [-0.1, -0.05) is 19.4 Å². The Bertz CT molecular complexity index is 137. The van der Waals surface area contributed by atoms with E-state index in [0.717, 1.165) is 12.8 Å². The van der Waals surface area contributed by atoms with Gasteiger partial charge < -0.3 is 14.6 Å². The predicted molar refractivity (Wildman–Crippen MR) is 45.7 cm³/mol. The standard InChI is InChI=1S/C9H16O3/c1-2-3-4-5-9-11-6-8(10)7-12-9/h4-5,8-10H,2-3,6-7H2,1H3/b5-4+.